The second-order valence-corrected chi connectivity index (χ2v) is 6.79. The number of anilines is 1. The Bertz CT molecular complexity index is 1070. The van der Waals surface area contributed by atoms with Crippen LogP contribution in [0, 0.1) is 10.1 Å². The summed E-state index contributed by atoms with van der Waals surface area (Å²) in [4.78, 5) is 14.0. The molecule has 0 aliphatic carbocycles. The number of benzene rings is 2. The fourth-order valence-electron chi connectivity index (χ4n) is 2.41. The van der Waals surface area contributed by atoms with E-state index >= 15 is 0 Å². The average Bonchev–Trinajstić information content (AvgIpc) is 2.75. The molecule has 1 N–H and O–H groups in total. The Morgan fingerprint density at radius 3 is 2.63 bits per heavy atom. The number of nitrogens with one attached hydrogen (secondary N) is 1. The van der Waals surface area contributed by atoms with Crippen LogP contribution in [0.2, 0.25) is 10.0 Å². The summed E-state index contributed by atoms with van der Waals surface area (Å²) in [5.74, 6) is 1.48. The van der Waals surface area contributed by atoms with E-state index in [0.29, 0.717) is 34.0 Å². The highest BCUT2D eigenvalue weighted by atomic mass is 35.5. The molecule has 3 rings (SSSR count). The lowest BCUT2D eigenvalue weighted by molar-refractivity contribution is -0.385. The van der Waals surface area contributed by atoms with Gasteiger partial charge in [-0.3, -0.25) is 15.5 Å². The number of halogens is 2. The molecule has 3 aromatic rings. The zero-order chi connectivity index (χ0) is 21.5. The summed E-state index contributed by atoms with van der Waals surface area (Å²) in [7, 11) is 1.54. The molecule has 1 aromatic heterocycles. The first-order valence-corrected chi connectivity index (χ1v) is 9.36. The summed E-state index contributed by atoms with van der Waals surface area (Å²) in [5, 5.41) is 15.7. The Morgan fingerprint density at radius 2 is 1.97 bits per heavy atom. The predicted octanol–water partition coefficient (Wildman–Crippen LogP) is 5.33. The number of aromatic nitrogens is 1. The molecule has 154 valence electrons. The molecule has 8 nitrogen and oxygen atoms in total. The minimum Gasteiger partial charge on any atom is -0.493 e. The van der Waals surface area contributed by atoms with E-state index in [1.807, 2.05) is 6.07 Å². The maximum absolute atomic E-state index is 10.6. The highest BCUT2D eigenvalue weighted by Gasteiger charge is 2.07. The van der Waals surface area contributed by atoms with E-state index in [1.54, 1.807) is 43.7 Å². The van der Waals surface area contributed by atoms with Gasteiger partial charge in [0, 0.05) is 6.07 Å². The molecule has 0 unspecified atom stereocenters. The van der Waals surface area contributed by atoms with Gasteiger partial charge in [-0.2, -0.15) is 5.10 Å². The second kappa shape index (κ2) is 9.91. The number of rotatable bonds is 8. The van der Waals surface area contributed by atoms with Crippen LogP contribution in [0.15, 0.2) is 59.8 Å². The largest absolute Gasteiger partial charge is 0.493 e. The molecule has 0 fully saturated rings. The molecule has 2 aromatic carbocycles. The first-order valence-electron chi connectivity index (χ1n) is 8.60. The quantitative estimate of drug-likeness (QED) is 0.285. The van der Waals surface area contributed by atoms with Gasteiger partial charge in [-0.25, -0.2) is 4.98 Å². The van der Waals surface area contributed by atoms with Crippen LogP contribution in [0.4, 0.5) is 11.5 Å². The molecule has 0 amide bonds. The molecule has 10 heteroatoms. The first-order chi connectivity index (χ1) is 14.5. The van der Waals surface area contributed by atoms with Gasteiger partial charge in [-0.05, 0) is 47.5 Å². The smallest absolute Gasteiger partial charge is 0.287 e. The molecule has 0 aliphatic rings. The molecule has 0 saturated heterocycles. The summed E-state index contributed by atoms with van der Waals surface area (Å²) in [6, 6.07) is 13.4. The second-order valence-electron chi connectivity index (χ2n) is 5.98. The highest BCUT2D eigenvalue weighted by Crippen LogP contribution is 2.29. The maximum atomic E-state index is 10.6. The van der Waals surface area contributed by atoms with E-state index in [1.165, 1.54) is 12.1 Å². The molecule has 0 aliphatic heterocycles. The Labute approximate surface area is 182 Å². The van der Waals surface area contributed by atoms with Crippen molar-refractivity contribution in [1.82, 2.24) is 4.98 Å². The monoisotopic (exact) mass is 446 g/mol. The van der Waals surface area contributed by atoms with E-state index in [-0.39, 0.29) is 5.69 Å². The Kier molecular flexibility index (Phi) is 7.05. The van der Waals surface area contributed by atoms with Gasteiger partial charge in [0.1, 0.15) is 18.6 Å². The third-order valence-corrected chi connectivity index (χ3v) is 4.66. The van der Waals surface area contributed by atoms with Crippen molar-refractivity contribution in [3.63, 3.8) is 0 Å². The molecule has 0 radical (unpaired) electrons. The van der Waals surface area contributed by atoms with Crippen molar-refractivity contribution < 1.29 is 14.4 Å². The van der Waals surface area contributed by atoms with E-state index < -0.39 is 4.92 Å². The fourth-order valence-corrected chi connectivity index (χ4v) is 2.73. The lowest BCUT2D eigenvalue weighted by atomic mass is 10.2. The summed E-state index contributed by atoms with van der Waals surface area (Å²) >= 11 is 11.9. The van der Waals surface area contributed by atoms with Crippen LogP contribution in [0.1, 0.15) is 11.1 Å². The molecule has 1 heterocycles. The Balaban J connectivity index is 1.63. The topological polar surface area (TPSA) is 98.9 Å². The number of methoxy groups -OCH3 is 1. The van der Waals surface area contributed by atoms with Crippen molar-refractivity contribution in [1.29, 1.82) is 0 Å². The zero-order valence-electron chi connectivity index (χ0n) is 15.7. The number of pyridine rings is 1. The van der Waals surface area contributed by atoms with E-state index in [9.17, 15) is 10.1 Å². The van der Waals surface area contributed by atoms with Crippen molar-refractivity contribution in [2.24, 2.45) is 5.10 Å². The molecular formula is C20H16Cl2N4O4. The van der Waals surface area contributed by atoms with Gasteiger partial charge in [0.2, 0.25) is 0 Å². The maximum Gasteiger partial charge on any atom is 0.287 e. The molecule has 0 spiro atoms. The first kappa shape index (κ1) is 21.4. The minimum atomic E-state index is -0.516. The van der Waals surface area contributed by atoms with E-state index in [2.05, 4.69) is 15.5 Å². The van der Waals surface area contributed by atoms with E-state index in [0.717, 1.165) is 17.3 Å². The van der Waals surface area contributed by atoms with Crippen molar-refractivity contribution in [2.45, 2.75) is 6.61 Å². The number of hydrazone groups is 1. The molecule has 0 saturated carbocycles. The van der Waals surface area contributed by atoms with Crippen molar-refractivity contribution in [2.75, 3.05) is 12.5 Å². The number of hydrogen-bond acceptors (Lipinski definition) is 7. The van der Waals surface area contributed by atoms with Crippen LogP contribution >= 0.6 is 23.2 Å². The number of nitro groups is 1. The lowest BCUT2D eigenvalue weighted by Crippen LogP contribution is -1.99. The van der Waals surface area contributed by atoms with Crippen LogP contribution in [-0.4, -0.2) is 23.2 Å². The van der Waals surface area contributed by atoms with Crippen LogP contribution in [0.5, 0.6) is 11.5 Å². The fraction of sp³-hybridized carbons (Fsp3) is 0.100. The summed E-state index contributed by atoms with van der Waals surface area (Å²) in [6.07, 6.45) is 2.72. The van der Waals surface area contributed by atoms with Crippen molar-refractivity contribution in [3.05, 3.63) is 86.0 Å². The van der Waals surface area contributed by atoms with Crippen LogP contribution in [-0.2, 0) is 6.61 Å². The van der Waals surface area contributed by atoms with Gasteiger partial charge in [0.05, 0.1) is 28.3 Å². The van der Waals surface area contributed by atoms with Crippen molar-refractivity contribution >= 4 is 40.9 Å². The van der Waals surface area contributed by atoms with Gasteiger partial charge in [-0.15, -0.1) is 0 Å². The molecule has 0 bridgehead atoms. The number of hydrogen-bond donors (Lipinski definition) is 1. The van der Waals surface area contributed by atoms with Crippen LogP contribution in [0.3, 0.4) is 0 Å². The normalized spacial score (nSPS) is 10.8. The Hall–Kier alpha value is -3.36. The number of ether oxygens (including phenoxy) is 2. The lowest BCUT2D eigenvalue weighted by Gasteiger charge is -2.11. The minimum absolute atomic E-state index is 0.0919. The van der Waals surface area contributed by atoms with Gasteiger partial charge < -0.3 is 9.47 Å². The van der Waals surface area contributed by atoms with Gasteiger partial charge in [0.25, 0.3) is 5.69 Å². The standard InChI is InChI=1S/C20H16Cl2N4O4/c1-29-19-9-13(10-24-25-20-7-4-15(11-23-20)26(27)28)3-6-18(19)30-12-14-2-5-16(21)17(22)8-14/h2-11H,12H2,1H3,(H,23,25)/b24-10+. The molecule has 30 heavy (non-hydrogen) atoms. The highest BCUT2D eigenvalue weighted by molar-refractivity contribution is 6.42. The zero-order valence-corrected chi connectivity index (χ0v) is 17.2. The van der Waals surface area contributed by atoms with Crippen molar-refractivity contribution in [3.8, 4) is 11.5 Å². The predicted molar refractivity (Wildman–Crippen MR) is 116 cm³/mol. The molecule has 0 atom stereocenters. The summed E-state index contributed by atoms with van der Waals surface area (Å²) in [5.41, 5.74) is 4.24. The molecular weight excluding hydrogens is 431 g/mol. The SMILES string of the molecule is COc1cc(/C=N/Nc2ccc([N+](=O)[O-])cn2)ccc1OCc1ccc(Cl)c(Cl)c1. The Morgan fingerprint density at radius 1 is 1.13 bits per heavy atom. The van der Waals surface area contributed by atoms with Gasteiger partial charge in [0.15, 0.2) is 11.5 Å². The third-order valence-electron chi connectivity index (χ3n) is 3.92. The summed E-state index contributed by atoms with van der Waals surface area (Å²) < 4.78 is 11.2. The van der Waals surface area contributed by atoms with Crippen LogP contribution in [0.25, 0.3) is 0 Å². The number of nitrogens with zero attached hydrogens (tertiary/aromatic N) is 3. The van der Waals surface area contributed by atoms with E-state index in [4.69, 9.17) is 32.7 Å². The average molecular weight is 447 g/mol. The summed E-state index contributed by atoms with van der Waals surface area (Å²) in [6.45, 7) is 0.300. The van der Waals surface area contributed by atoms with Gasteiger partial charge in [-0.1, -0.05) is 29.3 Å². The third kappa shape index (κ3) is 5.59. The van der Waals surface area contributed by atoms with Gasteiger partial charge >= 0.3 is 0 Å². The van der Waals surface area contributed by atoms with Crippen LogP contribution < -0.4 is 14.9 Å².